The predicted octanol–water partition coefficient (Wildman–Crippen LogP) is 4.06. The molecule has 0 saturated carbocycles. The van der Waals surface area contributed by atoms with Crippen LogP contribution in [-0.2, 0) is 13.6 Å². The lowest BCUT2D eigenvalue weighted by Crippen LogP contribution is -2.06. The summed E-state index contributed by atoms with van der Waals surface area (Å²) < 4.78 is 2.04. The topological polar surface area (TPSA) is 73.0 Å². The van der Waals surface area contributed by atoms with Crippen molar-refractivity contribution in [2.45, 2.75) is 13.5 Å². The van der Waals surface area contributed by atoms with Crippen molar-refractivity contribution in [1.82, 2.24) is 9.55 Å². The minimum absolute atomic E-state index is 0.0288. The SMILES string of the molecule is Cc1cccc2nc(CNc3ccc([N+](=O)[O-])cc3Cl)n(C)c12. The minimum Gasteiger partial charge on any atom is -0.377 e. The Kier molecular flexibility index (Phi) is 3.92. The van der Waals surface area contributed by atoms with Gasteiger partial charge in [-0.25, -0.2) is 4.98 Å². The van der Waals surface area contributed by atoms with Crippen LogP contribution in [-0.4, -0.2) is 14.5 Å². The van der Waals surface area contributed by atoms with Crippen molar-refractivity contribution < 1.29 is 4.92 Å². The van der Waals surface area contributed by atoms with E-state index in [1.54, 1.807) is 6.07 Å². The van der Waals surface area contributed by atoms with Crippen LogP contribution in [0.5, 0.6) is 0 Å². The van der Waals surface area contributed by atoms with Crippen LogP contribution in [0.25, 0.3) is 11.0 Å². The molecule has 1 aromatic heterocycles. The number of fused-ring (bicyclic) bond motifs is 1. The average Bonchev–Trinajstić information content (AvgIpc) is 2.83. The Balaban J connectivity index is 1.85. The Labute approximate surface area is 137 Å². The van der Waals surface area contributed by atoms with Crippen molar-refractivity contribution in [3.63, 3.8) is 0 Å². The minimum atomic E-state index is -0.468. The fourth-order valence-electron chi connectivity index (χ4n) is 2.61. The molecule has 0 fully saturated rings. The predicted molar refractivity (Wildman–Crippen MR) is 90.9 cm³/mol. The van der Waals surface area contributed by atoms with E-state index in [1.807, 2.05) is 23.7 Å². The second-order valence-corrected chi connectivity index (χ2v) is 5.71. The number of hydrogen-bond donors (Lipinski definition) is 1. The molecular weight excluding hydrogens is 316 g/mol. The molecule has 0 aliphatic rings. The average molecular weight is 331 g/mol. The standard InChI is InChI=1S/C16H15ClN4O2/c1-10-4-3-5-14-16(10)20(2)15(19-14)9-18-13-7-6-11(21(22)23)8-12(13)17/h3-8,18H,9H2,1-2H3. The third-order valence-corrected chi connectivity index (χ3v) is 4.10. The molecule has 0 atom stereocenters. The van der Waals surface area contributed by atoms with Gasteiger partial charge in [0.2, 0.25) is 0 Å². The molecule has 0 unspecified atom stereocenters. The number of non-ortho nitro benzene ring substituents is 1. The van der Waals surface area contributed by atoms with Crippen LogP contribution < -0.4 is 5.32 Å². The van der Waals surface area contributed by atoms with E-state index in [9.17, 15) is 10.1 Å². The smallest absolute Gasteiger partial charge is 0.271 e. The Morgan fingerprint density at radius 3 is 2.78 bits per heavy atom. The van der Waals surface area contributed by atoms with Gasteiger partial charge in [0.1, 0.15) is 5.82 Å². The van der Waals surface area contributed by atoms with E-state index in [4.69, 9.17) is 11.6 Å². The van der Waals surface area contributed by atoms with Crippen molar-refractivity contribution in [1.29, 1.82) is 0 Å². The lowest BCUT2D eigenvalue weighted by molar-refractivity contribution is -0.384. The molecule has 0 saturated heterocycles. The van der Waals surface area contributed by atoms with E-state index >= 15 is 0 Å². The lowest BCUT2D eigenvalue weighted by Gasteiger charge is -2.08. The Hall–Kier alpha value is -2.60. The van der Waals surface area contributed by atoms with Crippen LogP contribution in [0.4, 0.5) is 11.4 Å². The molecule has 3 rings (SSSR count). The number of para-hydroxylation sites is 1. The molecule has 6 nitrogen and oxygen atoms in total. The molecule has 0 spiro atoms. The number of nitro groups is 1. The van der Waals surface area contributed by atoms with Gasteiger partial charge in [0, 0.05) is 19.2 Å². The third kappa shape index (κ3) is 2.85. The molecule has 3 aromatic rings. The quantitative estimate of drug-likeness (QED) is 0.578. The van der Waals surface area contributed by atoms with Gasteiger partial charge in [0.05, 0.1) is 33.2 Å². The van der Waals surface area contributed by atoms with Gasteiger partial charge in [-0.05, 0) is 24.6 Å². The molecule has 2 aromatic carbocycles. The van der Waals surface area contributed by atoms with Crippen LogP contribution in [0.3, 0.4) is 0 Å². The monoisotopic (exact) mass is 330 g/mol. The summed E-state index contributed by atoms with van der Waals surface area (Å²) in [6.45, 7) is 2.52. The number of rotatable bonds is 4. The summed E-state index contributed by atoms with van der Waals surface area (Å²) in [5, 5.41) is 14.2. The van der Waals surface area contributed by atoms with Crippen molar-refractivity contribution in [2.24, 2.45) is 7.05 Å². The van der Waals surface area contributed by atoms with Gasteiger partial charge < -0.3 is 9.88 Å². The first kappa shape index (κ1) is 15.3. The molecule has 1 heterocycles. The summed E-state index contributed by atoms with van der Waals surface area (Å²) in [7, 11) is 1.97. The lowest BCUT2D eigenvalue weighted by atomic mass is 10.2. The Morgan fingerprint density at radius 2 is 2.13 bits per heavy atom. The molecule has 23 heavy (non-hydrogen) atoms. The second-order valence-electron chi connectivity index (χ2n) is 5.30. The number of aryl methyl sites for hydroxylation is 2. The first-order valence-electron chi connectivity index (χ1n) is 7.06. The van der Waals surface area contributed by atoms with Gasteiger partial charge in [-0.15, -0.1) is 0 Å². The first-order valence-corrected chi connectivity index (χ1v) is 7.44. The fourth-order valence-corrected chi connectivity index (χ4v) is 2.85. The first-order chi connectivity index (χ1) is 11.0. The summed E-state index contributed by atoms with van der Waals surface area (Å²) in [6, 6.07) is 10.4. The third-order valence-electron chi connectivity index (χ3n) is 3.79. The van der Waals surface area contributed by atoms with Crippen LogP contribution in [0.15, 0.2) is 36.4 Å². The molecule has 1 N–H and O–H groups in total. The highest BCUT2D eigenvalue weighted by Crippen LogP contribution is 2.27. The van der Waals surface area contributed by atoms with E-state index in [0.29, 0.717) is 17.3 Å². The zero-order valence-electron chi connectivity index (χ0n) is 12.7. The zero-order chi connectivity index (χ0) is 16.6. The van der Waals surface area contributed by atoms with Gasteiger partial charge in [-0.1, -0.05) is 23.7 Å². The van der Waals surface area contributed by atoms with E-state index in [2.05, 4.69) is 23.3 Å². The summed E-state index contributed by atoms with van der Waals surface area (Å²) >= 11 is 6.09. The highest BCUT2D eigenvalue weighted by Gasteiger charge is 2.12. The summed E-state index contributed by atoms with van der Waals surface area (Å²) in [4.78, 5) is 14.9. The maximum absolute atomic E-state index is 10.7. The number of nitrogens with one attached hydrogen (secondary N) is 1. The van der Waals surface area contributed by atoms with E-state index in [1.165, 1.54) is 12.1 Å². The van der Waals surface area contributed by atoms with Crippen molar-refractivity contribution >= 4 is 34.0 Å². The molecule has 0 aliphatic heterocycles. The number of nitrogens with zero attached hydrogens (tertiary/aromatic N) is 3. The Morgan fingerprint density at radius 1 is 1.35 bits per heavy atom. The highest BCUT2D eigenvalue weighted by molar-refractivity contribution is 6.33. The number of aromatic nitrogens is 2. The number of benzene rings is 2. The van der Waals surface area contributed by atoms with Crippen molar-refractivity contribution in [3.05, 3.63) is 62.9 Å². The van der Waals surface area contributed by atoms with Crippen LogP contribution in [0.2, 0.25) is 5.02 Å². The van der Waals surface area contributed by atoms with Crippen molar-refractivity contribution in [2.75, 3.05) is 5.32 Å². The van der Waals surface area contributed by atoms with Gasteiger partial charge in [-0.3, -0.25) is 10.1 Å². The van der Waals surface area contributed by atoms with Gasteiger partial charge >= 0.3 is 0 Å². The number of anilines is 1. The highest BCUT2D eigenvalue weighted by atomic mass is 35.5. The normalized spacial score (nSPS) is 10.9. The van der Waals surface area contributed by atoms with Gasteiger partial charge in [0.15, 0.2) is 0 Å². The fraction of sp³-hybridized carbons (Fsp3) is 0.188. The molecule has 118 valence electrons. The van der Waals surface area contributed by atoms with Crippen molar-refractivity contribution in [3.8, 4) is 0 Å². The zero-order valence-corrected chi connectivity index (χ0v) is 13.5. The molecular formula is C16H15ClN4O2. The maximum atomic E-state index is 10.7. The summed E-state index contributed by atoms with van der Waals surface area (Å²) in [5.41, 5.74) is 3.82. The molecule has 0 radical (unpaired) electrons. The number of nitro benzene ring substituents is 1. The van der Waals surface area contributed by atoms with Gasteiger partial charge in [0.25, 0.3) is 5.69 Å². The number of hydrogen-bond acceptors (Lipinski definition) is 4. The largest absolute Gasteiger partial charge is 0.377 e. The van der Waals surface area contributed by atoms with Crippen LogP contribution >= 0.6 is 11.6 Å². The number of imidazole rings is 1. The van der Waals surface area contributed by atoms with Gasteiger partial charge in [-0.2, -0.15) is 0 Å². The summed E-state index contributed by atoms with van der Waals surface area (Å²) in [5.74, 6) is 0.865. The Bertz CT molecular complexity index is 904. The molecule has 0 bridgehead atoms. The molecule has 0 amide bonds. The maximum Gasteiger partial charge on any atom is 0.271 e. The second kappa shape index (κ2) is 5.89. The molecule has 7 heteroatoms. The number of halogens is 1. The van der Waals surface area contributed by atoms with Crippen LogP contribution in [0, 0.1) is 17.0 Å². The van der Waals surface area contributed by atoms with E-state index < -0.39 is 4.92 Å². The van der Waals surface area contributed by atoms with E-state index in [0.717, 1.165) is 22.4 Å². The van der Waals surface area contributed by atoms with E-state index in [-0.39, 0.29) is 5.69 Å². The van der Waals surface area contributed by atoms with Crippen LogP contribution in [0.1, 0.15) is 11.4 Å². The summed E-state index contributed by atoms with van der Waals surface area (Å²) in [6.07, 6.45) is 0. The molecule has 0 aliphatic carbocycles.